The molecule has 0 aromatic heterocycles. The van der Waals surface area contributed by atoms with E-state index in [9.17, 15) is 9.18 Å². The fourth-order valence-electron chi connectivity index (χ4n) is 2.02. The van der Waals surface area contributed by atoms with Crippen molar-refractivity contribution in [3.05, 3.63) is 34.1 Å². The van der Waals surface area contributed by atoms with Gasteiger partial charge in [-0.1, -0.05) is 35.7 Å². The highest BCUT2D eigenvalue weighted by Crippen LogP contribution is 2.34. The Morgan fingerprint density at radius 2 is 2.28 bits per heavy atom. The molecule has 0 aliphatic heterocycles. The van der Waals surface area contributed by atoms with E-state index in [1.807, 2.05) is 6.92 Å². The Bertz CT molecular complexity index is 445. The lowest BCUT2D eigenvalue weighted by Gasteiger charge is -2.16. The second-order valence-corrected chi connectivity index (χ2v) is 5.80. The summed E-state index contributed by atoms with van der Waals surface area (Å²) in [6.07, 6.45) is 4.43. The van der Waals surface area contributed by atoms with E-state index in [1.54, 1.807) is 6.07 Å². The third kappa shape index (κ3) is 3.55. The molecule has 1 fully saturated rings. The molecule has 18 heavy (non-hydrogen) atoms. The number of halogens is 2. The summed E-state index contributed by atoms with van der Waals surface area (Å²) >= 11 is 3.18. The van der Waals surface area contributed by atoms with E-state index in [-0.39, 0.29) is 17.5 Å². The Morgan fingerprint density at radius 3 is 2.83 bits per heavy atom. The summed E-state index contributed by atoms with van der Waals surface area (Å²) in [5.74, 6) is -0.0411. The van der Waals surface area contributed by atoms with Gasteiger partial charge in [-0.15, -0.1) is 0 Å². The number of rotatable bonds is 5. The van der Waals surface area contributed by atoms with Gasteiger partial charge in [0.25, 0.3) is 5.91 Å². The van der Waals surface area contributed by atoms with Gasteiger partial charge < -0.3 is 5.32 Å². The Labute approximate surface area is 115 Å². The van der Waals surface area contributed by atoms with Crippen molar-refractivity contribution in [2.45, 2.75) is 38.6 Å². The average molecular weight is 314 g/mol. The van der Waals surface area contributed by atoms with Crippen LogP contribution < -0.4 is 5.32 Å². The van der Waals surface area contributed by atoms with E-state index in [0.717, 1.165) is 18.8 Å². The first-order valence-electron chi connectivity index (χ1n) is 6.36. The summed E-state index contributed by atoms with van der Waals surface area (Å²) < 4.78 is 14.3. The van der Waals surface area contributed by atoms with Gasteiger partial charge in [0, 0.05) is 10.5 Å². The van der Waals surface area contributed by atoms with Crippen LogP contribution in [0.5, 0.6) is 0 Å². The average Bonchev–Trinajstić information content (AvgIpc) is 3.11. The molecule has 0 saturated heterocycles. The van der Waals surface area contributed by atoms with Crippen LogP contribution in [0.4, 0.5) is 4.39 Å². The molecule has 1 aromatic rings. The molecule has 1 aliphatic carbocycles. The summed E-state index contributed by atoms with van der Waals surface area (Å²) in [5, 5.41) is 2.92. The van der Waals surface area contributed by atoms with Gasteiger partial charge >= 0.3 is 0 Å². The lowest BCUT2D eigenvalue weighted by Crippen LogP contribution is -2.35. The maximum absolute atomic E-state index is 13.6. The van der Waals surface area contributed by atoms with Crippen molar-refractivity contribution in [3.8, 4) is 0 Å². The standard InChI is InChI=1S/C14H17BrFNO/c1-2-11(7-9-3-4-9)17-14(18)12-6-5-10(15)8-13(12)16/h5-6,8-9,11H,2-4,7H2,1H3,(H,17,18). The van der Waals surface area contributed by atoms with Gasteiger partial charge in [0.15, 0.2) is 0 Å². The molecule has 1 unspecified atom stereocenters. The Balaban J connectivity index is 2.00. The summed E-state index contributed by atoms with van der Waals surface area (Å²) in [6.45, 7) is 2.05. The summed E-state index contributed by atoms with van der Waals surface area (Å²) in [7, 11) is 0. The van der Waals surface area contributed by atoms with Gasteiger partial charge in [0.1, 0.15) is 5.82 Å². The largest absolute Gasteiger partial charge is 0.349 e. The first kappa shape index (κ1) is 13.5. The molecular weight excluding hydrogens is 297 g/mol. The molecule has 0 spiro atoms. The van der Waals surface area contributed by atoms with Gasteiger partial charge in [-0.2, -0.15) is 0 Å². The van der Waals surface area contributed by atoms with Crippen LogP contribution in [0.15, 0.2) is 22.7 Å². The molecule has 1 aromatic carbocycles. The molecule has 1 aliphatic rings. The lowest BCUT2D eigenvalue weighted by atomic mass is 10.1. The minimum atomic E-state index is -0.483. The first-order valence-corrected chi connectivity index (χ1v) is 7.15. The second kappa shape index (κ2) is 5.83. The number of hydrogen-bond acceptors (Lipinski definition) is 1. The zero-order valence-electron chi connectivity index (χ0n) is 10.4. The van der Waals surface area contributed by atoms with Gasteiger partial charge in [-0.3, -0.25) is 4.79 Å². The van der Waals surface area contributed by atoms with Crippen LogP contribution in [0.2, 0.25) is 0 Å². The molecule has 0 radical (unpaired) electrons. The maximum atomic E-state index is 13.6. The normalized spacial score (nSPS) is 16.4. The van der Waals surface area contributed by atoms with Gasteiger partial charge in [0.2, 0.25) is 0 Å². The SMILES string of the molecule is CCC(CC1CC1)NC(=O)c1ccc(Br)cc1F. The highest BCUT2D eigenvalue weighted by atomic mass is 79.9. The quantitative estimate of drug-likeness (QED) is 0.877. The van der Waals surface area contributed by atoms with Crippen molar-refractivity contribution in [2.75, 3.05) is 0 Å². The van der Waals surface area contributed by atoms with Crippen LogP contribution in [0.25, 0.3) is 0 Å². The molecule has 0 bridgehead atoms. The molecular formula is C14H17BrFNO. The third-order valence-corrected chi connectivity index (χ3v) is 3.81. The topological polar surface area (TPSA) is 29.1 Å². The van der Waals surface area contributed by atoms with Crippen LogP contribution in [0, 0.1) is 11.7 Å². The van der Waals surface area contributed by atoms with Crippen molar-refractivity contribution < 1.29 is 9.18 Å². The second-order valence-electron chi connectivity index (χ2n) is 4.88. The van der Waals surface area contributed by atoms with Crippen LogP contribution in [-0.4, -0.2) is 11.9 Å². The van der Waals surface area contributed by atoms with E-state index in [0.29, 0.717) is 4.47 Å². The summed E-state index contributed by atoms with van der Waals surface area (Å²) in [4.78, 5) is 12.0. The van der Waals surface area contributed by atoms with E-state index >= 15 is 0 Å². The van der Waals surface area contributed by atoms with Crippen molar-refractivity contribution in [2.24, 2.45) is 5.92 Å². The minimum absolute atomic E-state index is 0.118. The molecule has 1 atom stereocenters. The van der Waals surface area contributed by atoms with Gasteiger partial charge in [-0.05, 0) is 37.0 Å². The predicted octanol–water partition coefficient (Wildman–Crippen LogP) is 3.90. The minimum Gasteiger partial charge on any atom is -0.349 e. The third-order valence-electron chi connectivity index (χ3n) is 3.32. The van der Waals surface area contributed by atoms with Crippen molar-refractivity contribution in [1.29, 1.82) is 0 Å². The smallest absolute Gasteiger partial charge is 0.254 e. The Kier molecular flexibility index (Phi) is 4.38. The van der Waals surface area contributed by atoms with Crippen LogP contribution in [-0.2, 0) is 0 Å². The molecule has 1 saturated carbocycles. The van der Waals surface area contributed by atoms with Crippen LogP contribution in [0.1, 0.15) is 43.0 Å². The zero-order valence-corrected chi connectivity index (χ0v) is 12.0. The number of hydrogen-bond donors (Lipinski definition) is 1. The summed E-state index contributed by atoms with van der Waals surface area (Å²) in [5.41, 5.74) is 0.118. The number of carbonyl (C=O) groups excluding carboxylic acids is 1. The van der Waals surface area contributed by atoms with Gasteiger partial charge in [-0.25, -0.2) is 4.39 Å². The maximum Gasteiger partial charge on any atom is 0.254 e. The molecule has 2 rings (SSSR count). The monoisotopic (exact) mass is 313 g/mol. The van der Waals surface area contributed by atoms with E-state index in [1.165, 1.54) is 25.0 Å². The molecule has 98 valence electrons. The predicted molar refractivity (Wildman–Crippen MR) is 73.0 cm³/mol. The fraction of sp³-hybridized carbons (Fsp3) is 0.500. The Hall–Kier alpha value is -0.900. The molecule has 2 nitrogen and oxygen atoms in total. The van der Waals surface area contributed by atoms with Crippen molar-refractivity contribution in [1.82, 2.24) is 5.32 Å². The lowest BCUT2D eigenvalue weighted by molar-refractivity contribution is 0.0928. The molecule has 1 N–H and O–H groups in total. The molecule has 1 amide bonds. The molecule has 4 heteroatoms. The van der Waals surface area contributed by atoms with E-state index in [2.05, 4.69) is 21.2 Å². The summed E-state index contributed by atoms with van der Waals surface area (Å²) in [6, 6.07) is 4.67. The zero-order chi connectivity index (χ0) is 13.1. The van der Waals surface area contributed by atoms with Crippen LogP contribution in [0.3, 0.4) is 0 Å². The number of amides is 1. The van der Waals surface area contributed by atoms with E-state index < -0.39 is 5.82 Å². The number of benzene rings is 1. The highest BCUT2D eigenvalue weighted by molar-refractivity contribution is 9.10. The van der Waals surface area contributed by atoms with Crippen molar-refractivity contribution in [3.63, 3.8) is 0 Å². The number of carbonyl (C=O) groups is 1. The highest BCUT2D eigenvalue weighted by Gasteiger charge is 2.26. The van der Waals surface area contributed by atoms with Crippen LogP contribution >= 0.6 is 15.9 Å². The fourth-order valence-corrected chi connectivity index (χ4v) is 2.35. The van der Waals surface area contributed by atoms with E-state index in [4.69, 9.17) is 0 Å². The first-order chi connectivity index (χ1) is 8.60. The number of nitrogens with one attached hydrogen (secondary N) is 1. The Morgan fingerprint density at radius 1 is 1.56 bits per heavy atom. The van der Waals surface area contributed by atoms with Crippen molar-refractivity contribution >= 4 is 21.8 Å². The molecule has 0 heterocycles. The van der Waals surface area contributed by atoms with Gasteiger partial charge in [0.05, 0.1) is 5.56 Å².